The van der Waals surface area contributed by atoms with Crippen LogP contribution < -0.4 is 10.2 Å². The van der Waals surface area contributed by atoms with E-state index in [0.717, 1.165) is 29.1 Å². The minimum Gasteiger partial charge on any atom is -0.466 e. The first-order valence-electron chi connectivity index (χ1n) is 9.80. The van der Waals surface area contributed by atoms with Crippen molar-refractivity contribution in [1.29, 1.82) is 0 Å². The van der Waals surface area contributed by atoms with Crippen LogP contribution in [0.3, 0.4) is 0 Å². The monoisotopic (exact) mass is 476 g/mol. The highest BCUT2D eigenvalue weighted by Gasteiger charge is 2.25. The molecule has 2 rings (SSSR count). The van der Waals surface area contributed by atoms with Crippen molar-refractivity contribution in [2.45, 2.75) is 13.8 Å². The van der Waals surface area contributed by atoms with Crippen LogP contribution in [-0.2, 0) is 33.4 Å². The second-order valence-electron chi connectivity index (χ2n) is 6.50. The average Bonchev–Trinajstić information content (AvgIpc) is 3.11. The molecule has 0 aromatic heterocycles. The van der Waals surface area contributed by atoms with E-state index in [-0.39, 0.29) is 35.2 Å². The highest BCUT2D eigenvalue weighted by molar-refractivity contribution is 8.18. The molecule has 1 amide bonds. The summed E-state index contributed by atoms with van der Waals surface area (Å²) in [6, 6.07) is 7.32. The van der Waals surface area contributed by atoms with Crippen molar-refractivity contribution in [3.05, 3.63) is 40.8 Å². The normalized spacial score (nSPS) is 15.5. The minimum atomic E-state index is -0.632. The van der Waals surface area contributed by atoms with Gasteiger partial charge in [0.05, 0.1) is 31.3 Å². The molecule has 33 heavy (non-hydrogen) atoms. The van der Waals surface area contributed by atoms with Gasteiger partial charge in [0.15, 0.2) is 5.17 Å². The van der Waals surface area contributed by atoms with E-state index < -0.39 is 11.9 Å². The molecule has 0 saturated carbocycles. The van der Waals surface area contributed by atoms with Crippen molar-refractivity contribution < 1.29 is 33.4 Å². The number of carbonyl (C=O) groups is 4. The Morgan fingerprint density at radius 1 is 1.06 bits per heavy atom. The highest BCUT2D eigenvalue weighted by atomic mass is 32.2. The van der Waals surface area contributed by atoms with Crippen molar-refractivity contribution in [2.24, 2.45) is 10.2 Å². The Balaban J connectivity index is 2.00. The van der Waals surface area contributed by atoms with Crippen LogP contribution in [0.25, 0.3) is 0 Å². The first-order chi connectivity index (χ1) is 15.8. The lowest BCUT2D eigenvalue weighted by molar-refractivity contribution is -0.141. The van der Waals surface area contributed by atoms with Gasteiger partial charge >= 0.3 is 17.9 Å². The van der Waals surface area contributed by atoms with Gasteiger partial charge in [-0.15, -0.1) is 5.10 Å². The molecule has 11 nitrogen and oxygen atoms in total. The minimum absolute atomic E-state index is 0.169. The number of carbonyl (C=O) groups excluding carboxylic acids is 4. The molecule has 0 aliphatic carbocycles. The van der Waals surface area contributed by atoms with Gasteiger partial charge < -0.3 is 19.1 Å². The molecule has 176 valence electrons. The van der Waals surface area contributed by atoms with E-state index in [0.29, 0.717) is 13.1 Å². The molecule has 1 fully saturated rings. The molecule has 1 saturated heterocycles. The third-order valence-electron chi connectivity index (χ3n) is 4.05. The van der Waals surface area contributed by atoms with E-state index in [1.807, 2.05) is 29.2 Å². The molecule has 1 heterocycles. The van der Waals surface area contributed by atoms with Crippen molar-refractivity contribution in [3.8, 4) is 0 Å². The van der Waals surface area contributed by atoms with Crippen LogP contribution in [0.5, 0.6) is 0 Å². The Hall–Kier alpha value is -3.67. The Labute approximate surface area is 194 Å². The lowest BCUT2D eigenvalue weighted by Crippen LogP contribution is -2.31. The summed E-state index contributed by atoms with van der Waals surface area (Å²) in [6.45, 7) is 3.94. The predicted molar refractivity (Wildman–Crippen MR) is 123 cm³/mol. The smallest absolute Gasteiger partial charge is 0.331 e. The molecular weight excluding hydrogens is 452 g/mol. The molecule has 0 radical (unpaired) electrons. The number of amidine groups is 1. The molecule has 0 bridgehead atoms. The number of ether oxygens (including phenoxy) is 3. The number of anilines is 1. The molecule has 0 atom stereocenters. The van der Waals surface area contributed by atoms with Crippen molar-refractivity contribution in [2.75, 3.05) is 38.3 Å². The van der Waals surface area contributed by atoms with Gasteiger partial charge in [-0.2, -0.15) is 5.10 Å². The predicted octanol–water partition coefficient (Wildman–Crippen LogP) is 1.23. The van der Waals surface area contributed by atoms with E-state index in [2.05, 4.69) is 20.3 Å². The van der Waals surface area contributed by atoms with Crippen LogP contribution in [0, 0.1) is 0 Å². The molecule has 1 aromatic carbocycles. The van der Waals surface area contributed by atoms with Gasteiger partial charge in [-0.05, 0) is 29.5 Å². The topological polar surface area (TPSA) is 136 Å². The number of methoxy groups -OCH3 is 1. The number of hydrogen-bond acceptors (Lipinski definition) is 11. The summed E-state index contributed by atoms with van der Waals surface area (Å²) in [5.74, 6) is -1.82. The number of rotatable bonds is 10. The summed E-state index contributed by atoms with van der Waals surface area (Å²) in [5.41, 5.74) is 1.59. The zero-order chi connectivity index (χ0) is 24.2. The zero-order valence-corrected chi connectivity index (χ0v) is 19.2. The maximum absolute atomic E-state index is 11.8. The van der Waals surface area contributed by atoms with Gasteiger partial charge in [0.1, 0.15) is 13.2 Å². The van der Waals surface area contributed by atoms with E-state index in [1.165, 1.54) is 27.2 Å². The van der Waals surface area contributed by atoms with Crippen molar-refractivity contribution >= 4 is 52.6 Å². The Kier molecular flexibility index (Phi) is 10.1. The summed E-state index contributed by atoms with van der Waals surface area (Å²) in [5, 5.41) is 10.6. The number of thioether (sulfide) groups is 1. The number of hydrogen-bond donors (Lipinski definition) is 1. The number of nitrogens with one attached hydrogen (secondary N) is 1. The van der Waals surface area contributed by atoms with Crippen LogP contribution in [0.4, 0.5) is 5.69 Å². The van der Waals surface area contributed by atoms with Crippen LogP contribution in [0.1, 0.15) is 19.4 Å². The summed E-state index contributed by atoms with van der Waals surface area (Å²) in [4.78, 5) is 47.2. The number of nitrogens with zero attached hydrogens (tertiary/aromatic N) is 3. The third-order valence-corrected chi connectivity index (χ3v) is 4.95. The summed E-state index contributed by atoms with van der Waals surface area (Å²) >= 11 is 0.981. The second kappa shape index (κ2) is 13.0. The lowest BCUT2D eigenvalue weighted by atomic mass is 10.2. The Bertz CT molecular complexity index is 953. The highest BCUT2D eigenvalue weighted by Crippen LogP contribution is 2.23. The Morgan fingerprint density at radius 3 is 2.21 bits per heavy atom. The first kappa shape index (κ1) is 25.6. The molecule has 1 N–H and O–H groups in total. The molecule has 0 unspecified atom stereocenters. The maximum Gasteiger partial charge on any atom is 0.331 e. The summed E-state index contributed by atoms with van der Waals surface area (Å²) < 4.78 is 14.5. The Morgan fingerprint density at radius 2 is 1.67 bits per heavy atom. The van der Waals surface area contributed by atoms with Gasteiger partial charge in [0.2, 0.25) is 0 Å². The van der Waals surface area contributed by atoms with Gasteiger partial charge in [0, 0.05) is 25.6 Å². The van der Waals surface area contributed by atoms with Crippen LogP contribution >= 0.6 is 11.8 Å². The zero-order valence-electron chi connectivity index (χ0n) is 18.4. The quantitative estimate of drug-likeness (QED) is 0.174. The van der Waals surface area contributed by atoms with Gasteiger partial charge in [-0.3, -0.25) is 19.7 Å². The van der Waals surface area contributed by atoms with Crippen LogP contribution in [-0.4, -0.2) is 68.6 Å². The maximum atomic E-state index is 11.8. The summed E-state index contributed by atoms with van der Waals surface area (Å²) in [6.07, 6.45) is 2.59. The molecule has 12 heteroatoms. The van der Waals surface area contributed by atoms with Crippen LogP contribution in [0.15, 0.2) is 45.4 Å². The van der Waals surface area contributed by atoms with Gasteiger partial charge in [-0.25, -0.2) is 4.79 Å². The van der Waals surface area contributed by atoms with Crippen LogP contribution in [0.2, 0.25) is 0 Å². The number of amides is 1. The molecule has 1 aromatic rings. The molecule has 1 aliphatic heterocycles. The fourth-order valence-corrected chi connectivity index (χ4v) is 3.27. The SMILES string of the molecule is COC(=O)/C=C1/S/C(=N\N=Cc2ccc(N(CCOC(C)=O)CCOC(C)=O)cc2)NC1=O. The van der Waals surface area contributed by atoms with E-state index in [1.54, 1.807) is 0 Å². The fraction of sp³-hybridized carbons (Fsp3) is 0.333. The van der Waals surface area contributed by atoms with Gasteiger partial charge in [0.25, 0.3) is 5.91 Å². The van der Waals surface area contributed by atoms with E-state index >= 15 is 0 Å². The first-order valence-corrected chi connectivity index (χ1v) is 10.6. The van der Waals surface area contributed by atoms with Crippen molar-refractivity contribution in [3.63, 3.8) is 0 Å². The second-order valence-corrected chi connectivity index (χ2v) is 7.53. The third kappa shape index (κ3) is 9.15. The molecule has 0 spiro atoms. The standard InChI is InChI=1S/C21H24N4O7S/c1-14(26)31-10-8-25(9-11-32-15(2)27)17-6-4-16(5-7-17)13-22-24-21-23-20(29)18(33-21)12-19(28)30-3/h4-7,12-13H,8-11H2,1-3H3,(H,23,24,29)/b18-12+,22-13?. The number of benzene rings is 1. The van der Waals surface area contributed by atoms with E-state index in [9.17, 15) is 19.2 Å². The largest absolute Gasteiger partial charge is 0.466 e. The van der Waals surface area contributed by atoms with E-state index in [4.69, 9.17) is 9.47 Å². The summed E-state index contributed by atoms with van der Waals surface area (Å²) in [7, 11) is 1.22. The molecule has 1 aliphatic rings. The average molecular weight is 477 g/mol. The fourth-order valence-electron chi connectivity index (χ4n) is 2.53. The van der Waals surface area contributed by atoms with Crippen molar-refractivity contribution in [1.82, 2.24) is 5.32 Å². The lowest BCUT2D eigenvalue weighted by Gasteiger charge is -2.24. The van der Waals surface area contributed by atoms with Gasteiger partial charge in [-0.1, -0.05) is 12.1 Å². The number of esters is 3. The molecular formula is C21H24N4O7S.